The Hall–Kier alpha value is -2.68. The van der Waals surface area contributed by atoms with Crippen LogP contribution in [-0.2, 0) is 4.79 Å². The van der Waals surface area contributed by atoms with E-state index in [9.17, 15) is 10.1 Å². The summed E-state index contributed by atoms with van der Waals surface area (Å²) in [5.41, 5.74) is 2.62. The summed E-state index contributed by atoms with van der Waals surface area (Å²) in [4.78, 5) is 16.7. The van der Waals surface area contributed by atoms with E-state index in [2.05, 4.69) is 10.2 Å². The molecule has 0 atom stereocenters. The van der Waals surface area contributed by atoms with Crippen LogP contribution in [0.4, 0.5) is 11.4 Å². The van der Waals surface area contributed by atoms with Crippen LogP contribution in [0.25, 0.3) is 0 Å². The van der Waals surface area contributed by atoms with Gasteiger partial charge < -0.3 is 15.1 Å². The molecule has 1 aliphatic heterocycles. The molecule has 5 nitrogen and oxygen atoms in total. The second-order valence-electron chi connectivity index (χ2n) is 6.58. The number of aryl methyl sites for hydroxylation is 1. The lowest BCUT2D eigenvalue weighted by atomic mass is 10.2. The van der Waals surface area contributed by atoms with Crippen LogP contribution in [0, 0.1) is 18.3 Å². The van der Waals surface area contributed by atoms with Crippen LogP contribution in [-0.4, -0.2) is 37.0 Å². The van der Waals surface area contributed by atoms with Crippen molar-refractivity contribution in [3.63, 3.8) is 0 Å². The maximum atomic E-state index is 12.4. The highest BCUT2D eigenvalue weighted by atomic mass is 35.5. The summed E-state index contributed by atoms with van der Waals surface area (Å²) in [6.45, 7) is 4.87. The topological polar surface area (TPSA) is 59.4 Å². The number of hydrogen-bond acceptors (Lipinski definition) is 4. The first-order chi connectivity index (χ1) is 13.5. The van der Waals surface area contributed by atoms with E-state index in [0.717, 1.165) is 24.3 Å². The molecule has 0 saturated carbocycles. The van der Waals surface area contributed by atoms with Gasteiger partial charge in [-0.05, 0) is 42.8 Å². The minimum absolute atomic E-state index is 0.0629. The fourth-order valence-corrected chi connectivity index (χ4v) is 3.34. The van der Waals surface area contributed by atoms with Crippen LogP contribution in [0.5, 0.6) is 0 Å². The van der Waals surface area contributed by atoms with Crippen molar-refractivity contribution in [3.05, 3.63) is 69.8 Å². The number of piperazine rings is 1. The number of carbonyl (C=O) groups excluding carboxylic acids is 1. The van der Waals surface area contributed by atoms with E-state index in [0.29, 0.717) is 28.8 Å². The highest BCUT2D eigenvalue weighted by Crippen LogP contribution is 2.22. The Morgan fingerprint density at radius 1 is 1.14 bits per heavy atom. The summed E-state index contributed by atoms with van der Waals surface area (Å²) in [7, 11) is 0. The summed E-state index contributed by atoms with van der Waals surface area (Å²) in [6.07, 6.45) is 1.63. The van der Waals surface area contributed by atoms with Gasteiger partial charge in [-0.25, -0.2) is 0 Å². The zero-order chi connectivity index (χ0) is 20.1. The Balaban J connectivity index is 1.62. The lowest BCUT2D eigenvalue weighted by Crippen LogP contribution is -2.44. The molecule has 1 aliphatic rings. The molecule has 0 radical (unpaired) electrons. The van der Waals surface area contributed by atoms with Crippen molar-refractivity contribution in [1.82, 2.24) is 4.90 Å². The Morgan fingerprint density at radius 3 is 2.54 bits per heavy atom. The molecule has 3 rings (SSSR count). The summed E-state index contributed by atoms with van der Waals surface area (Å²) in [5, 5.41) is 13.4. The van der Waals surface area contributed by atoms with Crippen LogP contribution in [0.15, 0.2) is 54.2 Å². The third kappa shape index (κ3) is 4.98. The zero-order valence-electron chi connectivity index (χ0n) is 15.5. The summed E-state index contributed by atoms with van der Waals surface area (Å²) >= 11 is 12.2. The first-order valence-corrected chi connectivity index (χ1v) is 9.66. The maximum Gasteiger partial charge on any atom is 0.267 e. The van der Waals surface area contributed by atoms with Crippen molar-refractivity contribution in [2.75, 3.05) is 36.4 Å². The van der Waals surface area contributed by atoms with E-state index < -0.39 is 5.91 Å². The normalized spacial score (nSPS) is 14.6. The number of rotatable bonds is 4. The summed E-state index contributed by atoms with van der Waals surface area (Å²) in [5.74, 6) is -0.445. The van der Waals surface area contributed by atoms with Gasteiger partial charge in [-0.1, -0.05) is 35.3 Å². The fourth-order valence-electron chi connectivity index (χ4n) is 2.97. The average molecular weight is 415 g/mol. The molecule has 0 aliphatic carbocycles. The third-order valence-corrected chi connectivity index (χ3v) is 5.24. The number of anilines is 2. The van der Waals surface area contributed by atoms with Gasteiger partial charge in [0.15, 0.2) is 0 Å². The zero-order valence-corrected chi connectivity index (χ0v) is 17.0. The standard InChI is InChI=1S/C21H20Cl2N4O/c1-15-5-6-18(12-20(15)23)25-21(28)16(13-24)14-26-7-9-27(10-8-26)19-4-2-3-17(22)11-19/h2-6,11-12,14H,7-10H2,1H3,(H,25,28)/b16-14-. The van der Waals surface area contributed by atoms with E-state index in [1.165, 1.54) is 0 Å². The molecular weight excluding hydrogens is 395 g/mol. The SMILES string of the molecule is Cc1ccc(NC(=O)/C(C#N)=C\N2CCN(c3cccc(Cl)c3)CC2)cc1Cl. The molecule has 0 aromatic heterocycles. The molecule has 2 aromatic carbocycles. The second-order valence-corrected chi connectivity index (χ2v) is 7.42. The molecule has 7 heteroatoms. The van der Waals surface area contributed by atoms with Crippen molar-refractivity contribution in [2.24, 2.45) is 0 Å². The van der Waals surface area contributed by atoms with Crippen molar-refractivity contribution in [3.8, 4) is 6.07 Å². The number of hydrogen-bond donors (Lipinski definition) is 1. The maximum absolute atomic E-state index is 12.4. The van der Waals surface area contributed by atoms with Crippen molar-refractivity contribution < 1.29 is 4.79 Å². The minimum Gasteiger partial charge on any atom is -0.373 e. The lowest BCUT2D eigenvalue weighted by Gasteiger charge is -2.35. The van der Waals surface area contributed by atoms with Crippen LogP contribution in [0.1, 0.15) is 5.56 Å². The average Bonchev–Trinajstić information content (AvgIpc) is 2.69. The molecule has 0 bridgehead atoms. The van der Waals surface area contributed by atoms with Crippen LogP contribution < -0.4 is 10.2 Å². The van der Waals surface area contributed by atoms with E-state index in [4.69, 9.17) is 23.2 Å². The molecule has 144 valence electrons. The van der Waals surface area contributed by atoms with Crippen molar-refractivity contribution in [1.29, 1.82) is 5.26 Å². The van der Waals surface area contributed by atoms with Gasteiger partial charge in [0.25, 0.3) is 5.91 Å². The monoisotopic (exact) mass is 414 g/mol. The quantitative estimate of drug-likeness (QED) is 0.591. The van der Waals surface area contributed by atoms with Gasteiger partial charge in [-0.2, -0.15) is 5.26 Å². The van der Waals surface area contributed by atoms with Gasteiger partial charge in [0.1, 0.15) is 11.6 Å². The number of amides is 1. The van der Waals surface area contributed by atoms with Gasteiger partial charge in [0, 0.05) is 53.8 Å². The first kappa shape index (κ1) is 20.1. The molecule has 0 spiro atoms. The number of nitrogens with zero attached hydrogens (tertiary/aromatic N) is 3. The Bertz CT molecular complexity index is 944. The molecule has 1 heterocycles. The lowest BCUT2D eigenvalue weighted by molar-refractivity contribution is -0.112. The fraction of sp³-hybridized carbons (Fsp3) is 0.238. The minimum atomic E-state index is -0.445. The van der Waals surface area contributed by atoms with E-state index in [1.54, 1.807) is 18.3 Å². The highest BCUT2D eigenvalue weighted by molar-refractivity contribution is 6.31. The van der Waals surface area contributed by atoms with Crippen LogP contribution in [0.3, 0.4) is 0 Å². The van der Waals surface area contributed by atoms with Gasteiger partial charge in [0.05, 0.1) is 0 Å². The molecule has 0 unspecified atom stereocenters. The van der Waals surface area contributed by atoms with E-state index in [-0.39, 0.29) is 5.57 Å². The first-order valence-electron chi connectivity index (χ1n) is 8.90. The van der Waals surface area contributed by atoms with Crippen LogP contribution in [0.2, 0.25) is 10.0 Å². The Morgan fingerprint density at radius 2 is 1.89 bits per heavy atom. The van der Waals surface area contributed by atoms with Gasteiger partial charge in [0.2, 0.25) is 0 Å². The number of nitriles is 1. The van der Waals surface area contributed by atoms with E-state index >= 15 is 0 Å². The highest BCUT2D eigenvalue weighted by Gasteiger charge is 2.18. The molecular formula is C21H20Cl2N4O. The summed E-state index contributed by atoms with van der Waals surface area (Å²) in [6, 6.07) is 15.0. The molecule has 28 heavy (non-hydrogen) atoms. The molecule has 1 fully saturated rings. The number of halogens is 2. The number of carbonyl (C=O) groups is 1. The number of benzene rings is 2. The van der Waals surface area contributed by atoms with Gasteiger partial charge in [-0.3, -0.25) is 4.79 Å². The number of nitrogens with one attached hydrogen (secondary N) is 1. The Kier molecular flexibility index (Phi) is 6.45. The molecule has 1 amide bonds. The van der Waals surface area contributed by atoms with Gasteiger partial charge >= 0.3 is 0 Å². The second kappa shape index (κ2) is 9.01. The Labute approximate surface area is 174 Å². The largest absolute Gasteiger partial charge is 0.373 e. The predicted octanol–water partition coefficient (Wildman–Crippen LogP) is 4.47. The molecule has 2 aromatic rings. The molecule has 1 saturated heterocycles. The summed E-state index contributed by atoms with van der Waals surface area (Å²) < 4.78 is 0. The third-order valence-electron chi connectivity index (χ3n) is 4.59. The molecule has 1 N–H and O–H groups in total. The smallest absolute Gasteiger partial charge is 0.267 e. The van der Waals surface area contributed by atoms with Crippen molar-refractivity contribution in [2.45, 2.75) is 6.92 Å². The van der Waals surface area contributed by atoms with Crippen LogP contribution >= 0.6 is 23.2 Å². The van der Waals surface area contributed by atoms with Gasteiger partial charge in [-0.15, -0.1) is 0 Å². The predicted molar refractivity (Wildman–Crippen MR) is 114 cm³/mol. The van der Waals surface area contributed by atoms with Crippen molar-refractivity contribution >= 4 is 40.5 Å². The van der Waals surface area contributed by atoms with E-state index in [1.807, 2.05) is 48.2 Å².